The van der Waals surface area contributed by atoms with Crippen molar-refractivity contribution in [3.05, 3.63) is 42.5 Å². The molecule has 2 N–H and O–H groups in total. The van der Waals surface area contributed by atoms with Gasteiger partial charge < -0.3 is 19.8 Å². The van der Waals surface area contributed by atoms with Crippen molar-refractivity contribution in [2.24, 2.45) is 5.73 Å². The average molecular weight is 261 g/mol. The van der Waals surface area contributed by atoms with Crippen LogP contribution in [0.4, 0.5) is 0 Å². The van der Waals surface area contributed by atoms with E-state index in [9.17, 15) is 0 Å². The number of methoxy groups -OCH3 is 1. The molecule has 1 heterocycles. The van der Waals surface area contributed by atoms with Crippen molar-refractivity contribution < 1.29 is 9.47 Å². The van der Waals surface area contributed by atoms with Gasteiger partial charge in [-0.25, -0.2) is 4.98 Å². The van der Waals surface area contributed by atoms with Crippen molar-refractivity contribution in [2.75, 3.05) is 13.7 Å². The van der Waals surface area contributed by atoms with Gasteiger partial charge in [-0.1, -0.05) is 0 Å². The van der Waals surface area contributed by atoms with Crippen LogP contribution in [0.2, 0.25) is 0 Å². The van der Waals surface area contributed by atoms with Crippen molar-refractivity contribution in [2.45, 2.75) is 19.5 Å². The lowest BCUT2D eigenvalue weighted by atomic mass is 10.2. The number of ether oxygens (including phenoxy) is 2. The zero-order valence-corrected chi connectivity index (χ0v) is 11.1. The molecular formula is C14H19N3O2. The Hall–Kier alpha value is -2.01. The topological polar surface area (TPSA) is 62.3 Å². The molecule has 5 heteroatoms. The fourth-order valence-corrected chi connectivity index (χ4v) is 1.83. The molecule has 19 heavy (non-hydrogen) atoms. The Bertz CT molecular complexity index is 497. The molecule has 0 saturated carbocycles. The van der Waals surface area contributed by atoms with E-state index < -0.39 is 0 Å². The molecule has 102 valence electrons. The van der Waals surface area contributed by atoms with Crippen LogP contribution in [0.5, 0.6) is 11.5 Å². The SMILES string of the molecule is COc1ccc(OCCCn2ccnc2)c(CN)c1. The van der Waals surface area contributed by atoms with E-state index in [-0.39, 0.29) is 0 Å². The maximum Gasteiger partial charge on any atom is 0.124 e. The molecule has 0 saturated heterocycles. The van der Waals surface area contributed by atoms with E-state index in [0.29, 0.717) is 13.2 Å². The lowest BCUT2D eigenvalue weighted by molar-refractivity contribution is 0.298. The molecule has 0 amide bonds. The first-order valence-electron chi connectivity index (χ1n) is 6.29. The summed E-state index contributed by atoms with van der Waals surface area (Å²) in [5.41, 5.74) is 6.67. The molecule has 2 aromatic rings. The maximum absolute atomic E-state index is 5.76. The summed E-state index contributed by atoms with van der Waals surface area (Å²) in [6, 6.07) is 5.69. The van der Waals surface area contributed by atoms with Crippen LogP contribution >= 0.6 is 0 Å². The average Bonchev–Trinajstić information content (AvgIpc) is 2.96. The molecule has 0 aliphatic rings. The van der Waals surface area contributed by atoms with Gasteiger partial charge in [0.2, 0.25) is 0 Å². The highest BCUT2D eigenvalue weighted by molar-refractivity contribution is 5.40. The third kappa shape index (κ3) is 3.72. The summed E-state index contributed by atoms with van der Waals surface area (Å²) in [5, 5.41) is 0. The van der Waals surface area contributed by atoms with Gasteiger partial charge in [0.1, 0.15) is 11.5 Å². The molecular weight excluding hydrogens is 242 g/mol. The zero-order valence-electron chi connectivity index (χ0n) is 11.1. The van der Waals surface area contributed by atoms with Gasteiger partial charge in [0.15, 0.2) is 0 Å². The molecule has 0 radical (unpaired) electrons. The zero-order chi connectivity index (χ0) is 13.5. The lowest BCUT2D eigenvalue weighted by Crippen LogP contribution is -2.06. The molecule has 0 fully saturated rings. The van der Waals surface area contributed by atoms with Crippen LogP contribution in [-0.4, -0.2) is 23.3 Å². The molecule has 0 spiro atoms. The number of benzene rings is 1. The molecule has 0 aliphatic heterocycles. The second-order valence-electron chi connectivity index (χ2n) is 4.18. The van der Waals surface area contributed by atoms with E-state index in [0.717, 1.165) is 30.0 Å². The number of aryl methyl sites for hydroxylation is 1. The first kappa shape index (κ1) is 13.4. The summed E-state index contributed by atoms with van der Waals surface area (Å²) in [6.07, 6.45) is 6.45. The van der Waals surface area contributed by atoms with Gasteiger partial charge >= 0.3 is 0 Å². The van der Waals surface area contributed by atoms with Gasteiger partial charge in [0.25, 0.3) is 0 Å². The Morgan fingerprint density at radius 1 is 1.37 bits per heavy atom. The van der Waals surface area contributed by atoms with Crippen LogP contribution < -0.4 is 15.2 Å². The van der Waals surface area contributed by atoms with E-state index >= 15 is 0 Å². The molecule has 0 unspecified atom stereocenters. The molecule has 5 nitrogen and oxygen atoms in total. The smallest absolute Gasteiger partial charge is 0.124 e. The van der Waals surface area contributed by atoms with Crippen LogP contribution in [-0.2, 0) is 13.1 Å². The van der Waals surface area contributed by atoms with Gasteiger partial charge in [0.05, 0.1) is 20.0 Å². The van der Waals surface area contributed by atoms with Gasteiger partial charge in [-0.05, 0) is 24.6 Å². The molecule has 0 aliphatic carbocycles. The number of aromatic nitrogens is 2. The lowest BCUT2D eigenvalue weighted by Gasteiger charge is -2.12. The summed E-state index contributed by atoms with van der Waals surface area (Å²) in [5.74, 6) is 1.63. The quantitative estimate of drug-likeness (QED) is 0.772. The van der Waals surface area contributed by atoms with Crippen LogP contribution in [0.15, 0.2) is 36.9 Å². The number of hydrogen-bond donors (Lipinski definition) is 1. The summed E-state index contributed by atoms with van der Waals surface area (Å²) >= 11 is 0. The third-order valence-electron chi connectivity index (χ3n) is 2.86. The fraction of sp³-hybridized carbons (Fsp3) is 0.357. The number of rotatable bonds is 7. The Balaban J connectivity index is 1.85. The highest BCUT2D eigenvalue weighted by Crippen LogP contribution is 2.23. The van der Waals surface area contributed by atoms with Gasteiger partial charge in [0, 0.05) is 31.0 Å². The monoisotopic (exact) mass is 261 g/mol. The van der Waals surface area contributed by atoms with Gasteiger partial charge in [-0.2, -0.15) is 0 Å². The number of nitrogens with two attached hydrogens (primary N) is 1. The fourth-order valence-electron chi connectivity index (χ4n) is 1.83. The normalized spacial score (nSPS) is 10.4. The van der Waals surface area contributed by atoms with Crippen molar-refractivity contribution in [1.82, 2.24) is 9.55 Å². The van der Waals surface area contributed by atoms with E-state index in [1.165, 1.54) is 0 Å². The third-order valence-corrected chi connectivity index (χ3v) is 2.86. The van der Waals surface area contributed by atoms with E-state index in [1.807, 2.05) is 29.0 Å². The predicted molar refractivity (Wildman–Crippen MR) is 73.2 cm³/mol. The summed E-state index contributed by atoms with van der Waals surface area (Å²) in [4.78, 5) is 4.00. The van der Waals surface area contributed by atoms with Gasteiger partial charge in [-0.3, -0.25) is 0 Å². The summed E-state index contributed by atoms with van der Waals surface area (Å²) in [6.45, 7) is 1.99. The van der Waals surface area contributed by atoms with Crippen molar-refractivity contribution >= 4 is 0 Å². The van der Waals surface area contributed by atoms with Crippen LogP contribution in [0.1, 0.15) is 12.0 Å². The molecule has 2 rings (SSSR count). The van der Waals surface area contributed by atoms with Crippen LogP contribution in [0.25, 0.3) is 0 Å². The molecule has 1 aromatic carbocycles. The second-order valence-corrected chi connectivity index (χ2v) is 4.18. The maximum atomic E-state index is 5.76. The second kappa shape index (κ2) is 6.80. The minimum atomic E-state index is 0.439. The summed E-state index contributed by atoms with van der Waals surface area (Å²) < 4.78 is 13.0. The minimum absolute atomic E-state index is 0.439. The number of nitrogens with zero attached hydrogens (tertiary/aromatic N) is 2. The van der Waals surface area contributed by atoms with Gasteiger partial charge in [-0.15, -0.1) is 0 Å². The van der Waals surface area contributed by atoms with Crippen molar-refractivity contribution in [3.8, 4) is 11.5 Å². The van der Waals surface area contributed by atoms with Crippen LogP contribution in [0.3, 0.4) is 0 Å². The molecule has 0 atom stereocenters. The van der Waals surface area contributed by atoms with E-state index in [2.05, 4.69) is 4.98 Å². The predicted octanol–water partition coefficient (Wildman–Crippen LogP) is 1.82. The Kier molecular flexibility index (Phi) is 4.80. The summed E-state index contributed by atoms with van der Waals surface area (Å²) in [7, 11) is 1.64. The Morgan fingerprint density at radius 3 is 2.95 bits per heavy atom. The Labute approximate surface area is 113 Å². The molecule has 1 aromatic heterocycles. The minimum Gasteiger partial charge on any atom is -0.497 e. The Morgan fingerprint density at radius 2 is 2.26 bits per heavy atom. The first-order chi connectivity index (χ1) is 9.33. The highest BCUT2D eigenvalue weighted by atomic mass is 16.5. The van der Waals surface area contributed by atoms with Crippen LogP contribution in [0, 0.1) is 0 Å². The van der Waals surface area contributed by atoms with Crippen molar-refractivity contribution in [3.63, 3.8) is 0 Å². The standard InChI is InChI=1S/C14H19N3O2/c1-18-13-3-4-14(12(9-13)10-15)19-8-2-6-17-7-5-16-11-17/h3-5,7,9,11H,2,6,8,10,15H2,1H3. The molecule has 0 bridgehead atoms. The highest BCUT2D eigenvalue weighted by Gasteiger charge is 2.04. The van der Waals surface area contributed by atoms with Crippen molar-refractivity contribution in [1.29, 1.82) is 0 Å². The first-order valence-corrected chi connectivity index (χ1v) is 6.29. The largest absolute Gasteiger partial charge is 0.497 e. The number of imidazole rings is 1. The van der Waals surface area contributed by atoms with E-state index in [1.54, 1.807) is 19.6 Å². The number of hydrogen-bond acceptors (Lipinski definition) is 4. The van der Waals surface area contributed by atoms with E-state index in [4.69, 9.17) is 15.2 Å².